The van der Waals surface area contributed by atoms with Crippen LogP contribution in [-0.2, 0) is 14.0 Å². The number of nitrogens with one attached hydrogen (secondary N) is 2. The fourth-order valence-corrected chi connectivity index (χ4v) is 5.59. The number of amidine groups is 1. The van der Waals surface area contributed by atoms with Gasteiger partial charge in [-0.25, -0.2) is 4.79 Å². The molecule has 0 saturated carbocycles. The van der Waals surface area contributed by atoms with Crippen molar-refractivity contribution in [3.8, 4) is 11.1 Å². The van der Waals surface area contributed by atoms with Crippen LogP contribution in [0, 0.1) is 0 Å². The van der Waals surface area contributed by atoms with Crippen LogP contribution in [0.5, 0.6) is 0 Å². The molecule has 9 heteroatoms. The number of amides is 1. The Hall–Kier alpha value is -3.07. The molecule has 228 valence electrons. The van der Waals surface area contributed by atoms with Gasteiger partial charge in [0.2, 0.25) is 0 Å². The van der Waals surface area contributed by atoms with Gasteiger partial charge in [0.25, 0.3) is 0 Å². The number of fused-ring (bicyclic) bond motifs is 1. The van der Waals surface area contributed by atoms with Crippen molar-refractivity contribution in [1.29, 1.82) is 0 Å². The third kappa shape index (κ3) is 7.36. The summed E-state index contributed by atoms with van der Waals surface area (Å²) in [5.41, 5.74) is 2.84. The zero-order valence-electron chi connectivity index (χ0n) is 26.3. The summed E-state index contributed by atoms with van der Waals surface area (Å²) in [7, 11) is -0.373. The molecular weight excluding hydrogens is 561 g/mol. The summed E-state index contributed by atoms with van der Waals surface area (Å²) in [6, 6.07) is 21.4. The van der Waals surface area contributed by atoms with Crippen molar-refractivity contribution >= 4 is 46.9 Å². The molecule has 5 rings (SSSR count). The predicted octanol–water partition coefficient (Wildman–Crippen LogP) is 7.11. The van der Waals surface area contributed by atoms with Gasteiger partial charge in [0.05, 0.1) is 23.1 Å². The number of alkyl halides is 1. The van der Waals surface area contributed by atoms with Crippen molar-refractivity contribution in [3.63, 3.8) is 0 Å². The standard InChI is InChI=1S/C34H43BClN3O4/c1-32(2,3)41-31(40)37-19-9-8-10-28-38-29(30(36)39-28)23-13-11-22(12-14-23)24-15-16-26-21-27(18-17-25(26)20-24)35-42-33(4,5)34(6,7)43-35/h11-18,20-21,29-30H,8-10,19H2,1-7H3,(H,37,40)(H,38,39). The van der Waals surface area contributed by atoms with E-state index >= 15 is 0 Å². The van der Waals surface area contributed by atoms with Gasteiger partial charge in [0.15, 0.2) is 0 Å². The quantitative estimate of drug-likeness (QED) is 0.124. The summed E-state index contributed by atoms with van der Waals surface area (Å²) in [6.45, 7) is 14.4. The van der Waals surface area contributed by atoms with Crippen LogP contribution >= 0.6 is 11.6 Å². The molecule has 3 aromatic carbocycles. The SMILES string of the molecule is CC(C)(C)OC(=O)NCCCCC1=NC(Cl)C(c2ccc(-c3ccc4cc(B5OC(C)(C)C(C)(C)O5)ccc4c3)cc2)N1. The van der Waals surface area contributed by atoms with E-state index in [-0.39, 0.29) is 36.0 Å². The molecule has 0 aliphatic carbocycles. The summed E-state index contributed by atoms with van der Waals surface area (Å²) in [6.07, 6.45) is 2.11. The molecule has 1 saturated heterocycles. The molecule has 0 aromatic heterocycles. The van der Waals surface area contributed by atoms with E-state index in [1.54, 1.807) is 0 Å². The van der Waals surface area contributed by atoms with Crippen LogP contribution in [-0.4, -0.2) is 47.9 Å². The highest BCUT2D eigenvalue weighted by Gasteiger charge is 2.51. The third-order valence-electron chi connectivity index (χ3n) is 8.38. The van der Waals surface area contributed by atoms with Gasteiger partial charge >= 0.3 is 13.2 Å². The Bertz CT molecular complexity index is 1480. The molecule has 0 bridgehead atoms. The Labute approximate surface area is 260 Å². The van der Waals surface area contributed by atoms with Gasteiger partial charge < -0.3 is 24.7 Å². The predicted molar refractivity (Wildman–Crippen MR) is 176 cm³/mol. The number of halogens is 1. The topological polar surface area (TPSA) is 81.2 Å². The van der Waals surface area contributed by atoms with Crippen LogP contribution in [0.4, 0.5) is 4.79 Å². The van der Waals surface area contributed by atoms with Gasteiger partial charge in [0.1, 0.15) is 11.1 Å². The Morgan fingerprint density at radius 1 is 0.953 bits per heavy atom. The second-order valence-electron chi connectivity index (χ2n) is 13.5. The lowest BCUT2D eigenvalue weighted by Gasteiger charge is -2.32. The third-order valence-corrected chi connectivity index (χ3v) is 8.73. The van der Waals surface area contributed by atoms with Crippen molar-refractivity contribution in [2.24, 2.45) is 4.99 Å². The highest BCUT2D eigenvalue weighted by atomic mass is 35.5. The van der Waals surface area contributed by atoms with Crippen LogP contribution < -0.4 is 16.1 Å². The number of ether oxygens (including phenoxy) is 1. The summed E-state index contributed by atoms with van der Waals surface area (Å²) < 4.78 is 17.8. The van der Waals surface area contributed by atoms with E-state index in [9.17, 15) is 4.79 Å². The maximum atomic E-state index is 11.8. The summed E-state index contributed by atoms with van der Waals surface area (Å²) in [5.74, 6) is 0.903. The smallest absolute Gasteiger partial charge is 0.444 e. The monoisotopic (exact) mass is 603 g/mol. The molecule has 2 aliphatic rings. The molecule has 3 aromatic rings. The van der Waals surface area contributed by atoms with E-state index in [0.29, 0.717) is 6.54 Å². The molecule has 2 unspecified atom stereocenters. The molecule has 43 heavy (non-hydrogen) atoms. The lowest BCUT2D eigenvalue weighted by atomic mass is 9.78. The van der Waals surface area contributed by atoms with Crippen molar-refractivity contribution in [2.45, 2.75) is 96.1 Å². The number of carbonyl (C=O) groups excluding carboxylic acids is 1. The number of unbranched alkanes of at least 4 members (excludes halogenated alkanes) is 1. The molecule has 0 radical (unpaired) electrons. The van der Waals surface area contributed by atoms with Crippen LogP contribution in [0.1, 0.15) is 79.3 Å². The molecule has 2 heterocycles. The molecule has 1 amide bonds. The molecule has 0 spiro atoms. The minimum Gasteiger partial charge on any atom is -0.444 e. The van der Waals surface area contributed by atoms with Gasteiger partial charge in [0, 0.05) is 13.0 Å². The number of hydrogen-bond donors (Lipinski definition) is 2. The normalized spacial score (nSPS) is 21.0. The first kappa shape index (κ1) is 31.4. The van der Waals surface area contributed by atoms with Crippen molar-refractivity contribution in [1.82, 2.24) is 10.6 Å². The zero-order chi connectivity index (χ0) is 31.0. The van der Waals surface area contributed by atoms with Crippen LogP contribution in [0.25, 0.3) is 21.9 Å². The van der Waals surface area contributed by atoms with Crippen LogP contribution in [0.15, 0.2) is 65.7 Å². The second kappa shape index (κ2) is 12.1. The summed E-state index contributed by atoms with van der Waals surface area (Å²) in [5, 5.41) is 8.61. The van der Waals surface area contributed by atoms with E-state index in [1.165, 1.54) is 5.39 Å². The highest BCUT2D eigenvalue weighted by molar-refractivity contribution is 6.62. The average Bonchev–Trinajstić information content (AvgIpc) is 3.41. The number of rotatable bonds is 8. The number of carbonyl (C=O) groups is 1. The van der Waals surface area contributed by atoms with E-state index < -0.39 is 5.60 Å². The Balaban J connectivity index is 1.15. The first-order chi connectivity index (χ1) is 20.2. The van der Waals surface area contributed by atoms with Gasteiger partial charge in [-0.2, -0.15) is 0 Å². The van der Waals surface area contributed by atoms with Crippen molar-refractivity contribution < 1.29 is 18.8 Å². The molecule has 2 N–H and O–H groups in total. The van der Waals surface area contributed by atoms with Gasteiger partial charge in [-0.05, 0) is 100 Å². The summed E-state index contributed by atoms with van der Waals surface area (Å²) in [4.78, 5) is 16.4. The number of hydrogen-bond acceptors (Lipinski definition) is 6. The highest BCUT2D eigenvalue weighted by Crippen LogP contribution is 2.37. The van der Waals surface area contributed by atoms with Gasteiger partial charge in [-0.15, -0.1) is 0 Å². The van der Waals surface area contributed by atoms with Crippen molar-refractivity contribution in [3.05, 3.63) is 66.2 Å². The Kier molecular flexibility index (Phi) is 8.85. The fourth-order valence-electron chi connectivity index (χ4n) is 5.26. The summed E-state index contributed by atoms with van der Waals surface area (Å²) >= 11 is 6.62. The van der Waals surface area contributed by atoms with Crippen molar-refractivity contribution in [2.75, 3.05) is 6.54 Å². The molecule has 2 atom stereocenters. The zero-order valence-corrected chi connectivity index (χ0v) is 27.0. The number of aliphatic imine (C=N–C) groups is 1. The van der Waals surface area contributed by atoms with Gasteiger partial charge in [-0.3, -0.25) is 4.99 Å². The molecule has 7 nitrogen and oxygen atoms in total. The van der Waals surface area contributed by atoms with E-state index in [2.05, 4.69) is 104 Å². The van der Waals surface area contributed by atoms with Crippen LogP contribution in [0.2, 0.25) is 0 Å². The maximum Gasteiger partial charge on any atom is 0.494 e. The minimum atomic E-state index is -0.494. The van der Waals surface area contributed by atoms with Gasteiger partial charge in [-0.1, -0.05) is 66.2 Å². The number of benzene rings is 3. The molecule has 1 fully saturated rings. The molecule has 2 aliphatic heterocycles. The first-order valence-electron chi connectivity index (χ1n) is 15.1. The lowest BCUT2D eigenvalue weighted by Crippen LogP contribution is -2.41. The average molecular weight is 604 g/mol. The van der Waals surface area contributed by atoms with E-state index in [4.69, 9.17) is 25.6 Å². The largest absolute Gasteiger partial charge is 0.494 e. The first-order valence-corrected chi connectivity index (χ1v) is 15.6. The van der Waals surface area contributed by atoms with E-state index in [1.807, 2.05) is 20.8 Å². The Morgan fingerprint density at radius 2 is 1.58 bits per heavy atom. The van der Waals surface area contributed by atoms with Crippen LogP contribution in [0.3, 0.4) is 0 Å². The van der Waals surface area contributed by atoms with E-state index in [0.717, 1.165) is 52.6 Å². The minimum absolute atomic E-state index is 0.0735. The second-order valence-corrected chi connectivity index (χ2v) is 13.9. The fraction of sp³-hybridized carbons (Fsp3) is 0.471. The molecular formula is C34H43BClN3O4. The Morgan fingerprint density at radius 3 is 2.26 bits per heavy atom. The maximum absolute atomic E-state index is 11.8. The number of alkyl carbamates (subject to hydrolysis) is 1. The number of nitrogens with zero attached hydrogens (tertiary/aromatic N) is 1. The lowest BCUT2D eigenvalue weighted by molar-refractivity contribution is 0.00578.